The number of hydrogen-bond acceptors (Lipinski definition) is 11. The molecule has 166 valence electrons. The summed E-state index contributed by atoms with van der Waals surface area (Å²) in [5, 5.41) is 9.41. The molecule has 2 amide bonds. The van der Waals surface area contributed by atoms with E-state index in [1.165, 1.54) is 11.3 Å². The van der Waals surface area contributed by atoms with Gasteiger partial charge < -0.3 is 30.3 Å². The molecule has 0 saturated carbocycles. The fourth-order valence-corrected chi connectivity index (χ4v) is 4.06. The third-order valence-corrected chi connectivity index (χ3v) is 5.96. The third kappa shape index (κ3) is 5.06. The van der Waals surface area contributed by atoms with Crippen molar-refractivity contribution in [1.29, 1.82) is 0 Å². The highest BCUT2D eigenvalue weighted by Gasteiger charge is 2.25. The van der Waals surface area contributed by atoms with Crippen molar-refractivity contribution in [3.05, 3.63) is 12.0 Å². The van der Waals surface area contributed by atoms with E-state index in [1.807, 2.05) is 4.90 Å². The zero-order valence-electron chi connectivity index (χ0n) is 16.9. The number of morpholine rings is 1. The van der Waals surface area contributed by atoms with Gasteiger partial charge in [0.25, 0.3) is 0 Å². The number of amides is 2. The van der Waals surface area contributed by atoms with Crippen molar-refractivity contribution in [3.63, 3.8) is 0 Å². The van der Waals surface area contributed by atoms with Gasteiger partial charge in [0, 0.05) is 39.3 Å². The minimum atomic E-state index is -0.520. The van der Waals surface area contributed by atoms with E-state index in [2.05, 4.69) is 19.9 Å². The molecule has 3 N–H and O–H groups in total. The molecule has 0 atom stereocenters. The van der Waals surface area contributed by atoms with Gasteiger partial charge in [0.2, 0.25) is 17.8 Å². The predicted octanol–water partition coefficient (Wildman–Crippen LogP) is -1.38. The van der Waals surface area contributed by atoms with E-state index in [-0.39, 0.29) is 18.2 Å². The molecule has 2 aliphatic rings. The van der Waals surface area contributed by atoms with Crippen molar-refractivity contribution >= 4 is 34.2 Å². The molecule has 2 aromatic heterocycles. The SMILES string of the molecule is Nc1ncc(-c2nc(CC(=O)N3CCN(C(=O)CO)CC3)nc(N3CCOCC3)n2)s1. The first-order valence-electron chi connectivity index (χ1n) is 9.99. The lowest BCUT2D eigenvalue weighted by molar-refractivity contribution is -0.140. The van der Waals surface area contributed by atoms with Crippen molar-refractivity contribution in [1.82, 2.24) is 29.7 Å². The molecule has 31 heavy (non-hydrogen) atoms. The first-order valence-corrected chi connectivity index (χ1v) is 10.8. The molecule has 2 fully saturated rings. The van der Waals surface area contributed by atoms with E-state index in [9.17, 15) is 9.59 Å². The molecule has 0 bridgehead atoms. The number of nitrogen functional groups attached to an aromatic ring is 1. The van der Waals surface area contributed by atoms with Crippen molar-refractivity contribution in [2.45, 2.75) is 6.42 Å². The van der Waals surface area contributed by atoms with Crippen LogP contribution < -0.4 is 10.6 Å². The van der Waals surface area contributed by atoms with E-state index >= 15 is 0 Å². The van der Waals surface area contributed by atoms with Crippen LogP contribution in [0.5, 0.6) is 0 Å². The van der Waals surface area contributed by atoms with E-state index in [0.717, 1.165) is 0 Å². The average molecular weight is 449 g/mol. The van der Waals surface area contributed by atoms with Crippen LogP contribution in [0.4, 0.5) is 11.1 Å². The minimum Gasteiger partial charge on any atom is -0.387 e. The quantitative estimate of drug-likeness (QED) is 0.560. The largest absolute Gasteiger partial charge is 0.387 e. The maximum Gasteiger partial charge on any atom is 0.248 e. The lowest BCUT2D eigenvalue weighted by Crippen LogP contribution is -2.51. The van der Waals surface area contributed by atoms with Gasteiger partial charge in [-0.15, -0.1) is 0 Å². The molecule has 0 radical (unpaired) electrons. The Kier molecular flexibility index (Phi) is 6.53. The predicted molar refractivity (Wildman–Crippen MR) is 112 cm³/mol. The number of thiazole rings is 1. The Morgan fingerprint density at radius 3 is 2.32 bits per heavy atom. The topological polar surface area (TPSA) is 151 Å². The standard InChI is InChI=1S/C18H24N8O4S/c19-17-20-10-12(31-17)16-21-13(22-18(23-16)26-5-7-30-8-6-26)9-14(28)24-1-3-25(4-2-24)15(29)11-27/h10,27H,1-9,11H2,(H2,19,20). The highest BCUT2D eigenvalue weighted by Crippen LogP contribution is 2.26. The zero-order chi connectivity index (χ0) is 21.8. The van der Waals surface area contributed by atoms with Gasteiger partial charge in [-0.25, -0.2) is 9.97 Å². The summed E-state index contributed by atoms with van der Waals surface area (Å²) < 4.78 is 5.41. The van der Waals surface area contributed by atoms with E-state index in [1.54, 1.807) is 16.0 Å². The van der Waals surface area contributed by atoms with Crippen LogP contribution in [0.15, 0.2) is 6.20 Å². The number of carbonyl (C=O) groups is 2. The molecular formula is C18H24N8O4S. The molecule has 4 rings (SSSR count). The van der Waals surface area contributed by atoms with E-state index in [4.69, 9.17) is 15.6 Å². The van der Waals surface area contributed by atoms with Crippen LogP contribution in [-0.2, 0) is 20.7 Å². The summed E-state index contributed by atoms with van der Waals surface area (Å²) in [6.45, 7) is 3.56. The van der Waals surface area contributed by atoms with Crippen LogP contribution in [0.1, 0.15) is 5.82 Å². The van der Waals surface area contributed by atoms with Crippen LogP contribution in [0.2, 0.25) is 0 Å². The van der Waals surface area contributed by atoms with Crippen molar-refractivity contribution in [2.24, 2.45) is 0 Å². The van der Waals surface area contributed by atoms with Gasteiger partial charge in [0.15, 0.2) is 11.0 Å². The molecule has 0 spiro atoms. The number of rotatable bonds is 5. The van der Waals surface area contributed by atoms with Gasteiger partial charge in [-0.3, -0.25) is 9.59 Å². The normalized spacial score (nSPS) is 17.1. The summed E-state index contributed by atoms with van der Waals surface area (Å²) in [4.78, 5) is 48.1. The highest BCUT2D eigenvalue weighted by atomic mass is 32.1. The monoisotopic (exact) mass is 448 g/mol. The Morgan fingerprint density at radius 1 is 1.03 bits per heavy atom. The van der Waals surface area contributed by atoms with Crippen LogP contribution in [0.3, 0.4) is 0 Å². The number of anilines is 2. The summed E-state index contributed by atoms with van der Waals surface area (Å²) >= 11 is 1.27. The van der Waals surface area contributed by atoms with Gasteiger partial charge in [0.05, 0.1) is 30.7 Å². The number of aliphatic hydroxyl groups excluding tert-OH is 1. The van der Waals surface area contributed by atoms with Crippen LogP contribution in [-0.4, -0.2) is 106 Å². The van der Waals surface area contributed by atoms with E-state index in [0.29, 0.717) is 80.1 Å². The number of carbonyl (C=O) groups excluding carboxylic acids is 2. The number of hydrogen-bond donors (Lipinski definition) is 2. The Labute approximate surface area is 182 Å². The molecule has 0 unspecified atom stereocenters. The molecule has 2 aliphatic heterocycles. The van der Waals surface area contributed by atoms with Gasteiger partial charge in [0.1, 0.15) is 12.4 Å². The molecule has 4 heterocycles. The second-order valence-electron chi connectivity index (χ2n) is 7.13. The van der Waals surface area contributed by atoms with Crippen LogP contribution in [0, 0.1) is 0 Å². The van der Waals surface area contributed by atoms with Crippen molar-refractivity contribution in [3.8, 4) is 10.7 Å². The van der Waals surface area contributed by atoms with Crippen molar-refractivity contribution < 1.29 is 19.4 Å². The molecule has 0 aromatic carbocycles. The molecule has 12 nitrogen and oxygen atoms in total. The summed E-state index contributed by atoms with van der Waals surface area (Å²) in [6, 6.07) is 0. The summed E-state index contributed by atoms with van der Waals surface area (Å²) in [5.41, 5.74) is 5.76. The Bertz CT molecular complexity index is 940. The van der Waals surface area contributed by atoms with Gasteiger partial charge in [-0.1, -0.05) is 11.3 Å². The number of nitrogens with two attached hydrogens (primary N) is 1. The molecule has 2 aromatic rings. The zero-order valence-corrected chi connectivity index (χ0v) is 17.8. The number of aromatic nitrogens is 4. The maximum atomic E-state index is 12.9. The fourth-order valence-electron chi connectivity index (χ4n) is 3.44. The third-order valence-electron chi connectivity index (χ3n) is 5.14. The minimum absolute atomic E-state index is 0.0229. The number of nitrogens with zero attached hydrogens (tertiary/aromatic N) is 7. The van der Waals surface area contributed by atoms with Crippen LogP contribution in [0.25, 0.3) is 10.7 Å². The molecular weight excluding hydrogens is 424 g/mol. The number of aliphatic hydroxyl groups is 1. The fraction of sp³-hybridized carbons (Fsp3) is 0.556. The first kappa shape index (κ1) is 21.3. The highest BCUT2D eigenvalue weighted by molar-refractivity contribution is 7.18. The number of piperazine rings is 1. The maximum absolute atomic E-state index is 12.9. The van der Waals surface area contributed by atoms with Gasteiger partial charge in [-0.2, -0.15) is 9.97 Å². The smallest absolute Gasteiger partial charge is 0.248 e. The van der Waals surface area contributed by atoms with E-state index < -0.39 is 6.61 Å². The molecule has 13 heteroatoms. The summed E-state index contributed by atoms with van der Waals surface area (Å²) in [7, 11) is 0. The first-order chi connectivity index (χ1) is 15.0. The Balaban J connectivity index is 1.51. The molecule has 2 saturated heterocycles. The Morgan fingerprint density at radius 2 is 1.71 bits per heavy atom. The average Bonchev–Trinajstić information content (AvgIpc) is 3.25. The van der Waals surface area contributed by atoms with Gasteiger partial charge >= 0.3 is 0 Å². The summed E-state index contributed by atoms with van der Waals surface area (Å²) in [5.74, 6) is 0.865. The van der Waals surface area contributed by atoms with Gasteiger partial charge in [-0.05, 0) is 0 Å². The van der Waals surface area contributed by atoms with Crippen molar-refractivity contribution in [2.75, 3.05) is 69.7 Å². The lowest BCUT2D eigenvalue weighted by Gasteiger charge is -2.34. The second kappa shape index (κ2) is 9.49. The van der Waals surface area contributed by atoms with Crippen LogP contribution >= 0.6 is 11.3 Å². The Hall–Kier alpha value is -2.90. The lowest BCUT2D eigenvalue weighted by atomic mass is 10.2. The number of ether oxygens (including phenoxy) is 1. The second-order valence-corrected chi connectivity index (χ2v) is 8.20. The summed E-state index contributed by atoms with van der Waals surface area (Å²) in [6.07, 6.45) is 1.64. The molecule has 0 aliphatic carbocycles.